The van der Waals surface area contributed by atoms with Gasteiger partial charge in [0.05, 0.1) is 0 Å². The third-order valence-electron chi connectivity index (χ3n) is 2.43. The van der Waals surface area contributed by atoms with Crippen molar-refractivity contribution in [3.63, 3.8) is 0 Å². The molecule has 1 nitrogen and oxygen atoms in total. The molecule has 0 saturated carbocycles. The number of nitrogens with zero attached hydrogens (tertiary/aromatic N) is 1. The van der Waals surface area contributed by atoms with E-state index in [4.69, 9.17) is 0 Å². The van der Waals surface area contributed by atoms with Gasteiger partial charge in [0.25, 0.3) is 12.4 Å². The predicted molar refractivity (Wildman–Crippen MR) is 53.5 cm³/mol. The smallest absolute Gasteiger partial charge is 0.101 e. The van der Waals surface area contributed by atoms with Gasteiger partial charge >= 0.3 is 0 Å². The molecule has 0 unspecified atom stereocenters. The highest BCUT2D eigenvalue weighted by Gasteiger charge is 2.09. The minimum absolute atomic E-state index is 1.12. The van der Waals surface area contributed by atoms with Crippen LogP contribution >= 0.6 is 0 Å². The Kier molecular flexibility index (Phi) is 2.24. The molecule has 1 aliphatic carbocycles. The summed E-state index contributed by atoms with van der Waals surface area (Å²) in [6, 6.07) is 0. The lowest BCUT2D eigenvalue weighted by Gasteiger charge is -2.10. The van der Waals surface area contributed by atoms with Gasteiger partial charge in [0.15, 0.2) is 0 Å². The summed E-state index contributed by atoms with van der Waals surface area (Å²) in [4.78, 5) is 0. The number of hydrogen-bond donors (Lipinski definition) is 0. The zero-order valence-corrected chi connectivity index (χ0v) is 7.29. The lowest BCUT2D eigenvalue weighted by Crippen LogP contribution is -1.94. The second kappa shape index (κ2) is 3.55. The van der Waals surface area contributed by atoms with Crippen molar-refractivity contribution in [1.82, 2.24) is 4.67 Å². The molecule has 0 bridgehead atoms. The molecule has 1 aliphatic heterocycles. The van der Waals surface area contributed by atoms with Crippen LogP contribution in [0.5, 0.6) is 0 Å². The maximum atomic E-state index is 4.06. The minimum Gasteiger partial charge on any atom is -0.101 e. The molecule has 2 aliphatic rings. The van der Waals surface area contributed by atoms with Gasteiger partial charge < -0.3 is 0 Å². The summed E-state index contributed by atoms with van der Waals surface area (Å²) < 4.78 is 4.06. The summed E-state index contributed by atoms with van der Waals surface area (Å²) in [5, 5.41) is 0. The van der Waals surface area contributed by atoms with Crippen LogP contribution in [-0.4, -0.2) is 12.4 Å². The SMILES string of the molecule is C1=[N+]=CC(CC2=CCCCC2)=C1. The highest BCUT2D eigenvalue weighted by molar-refractivity contribution is 5.93. The molecule has 0 spiro atoms. The molecule has 0 aromatic carbocycles. The van der Waals surface area contributed by atoms with Crippen molar-refractivity contribution in [3.8, 4) is 0 Å². The summed E-state index contributed by atoms with van der Waals surface area (Å²) in [6.45, 7) is 0. The first-order valence-corrected chi connectivity index (χ1v) is 4.68. The zero-order chi connectivity index (χ0) is 8.23. The minimum atomic E-state index is 1.12. The van der Waals surface area contributed by atoms with Crippen molar-refractivity contribution in [3.05, 3.63) is 23.3 Å². The topological polar surface area (TPSA) is 14.1 Å². The lowest BCUT2D eigenvalue weighted by atomic mass is 9.94. The molecular formula is C11H14N+. The number of allylic oxidation sites excluding steroid dienone is 4. The maximum Gasteiger partial charge on any atom is 0.296 e. The van der Waals surface area contributed by atoms with Crippen molar-refractivity contribution in [2.75, 3.05) is 0 Å². The normalized spacial score (nSPS) is 21.0. The Balaban J connectivity index is 1.94. The second-order valence-corrected chi connectivity index (χ2v) is 3.45. The summed E-state index contributed by atoms with van der Waals surface area (Å²) in [6.07, 6.45) is 14.8. The first-order valence-electron chi connectivity index (χ1n) is 4.68. The Morgan fingerprint density at radius 1 is 1.33 bits per heavy atom. The Morgan fingerprint density at radius 2 is 2.33 bits per heavy atom. The van der Waals surface area contributed by atoms with Gasteiger partial charge in [-0.15, -0.1) is 4.67 Å². The van der Waals surface area contributed by atoms with E-state index in [-0.39, 0.29) is 0 Å². The van der Waals surface area contributed by atoms with Crippen LogP contribution in [0.4, 0.5) is 0 Å². The van der Waals surface area contributed by atoms with Gasteiger partial charge in [-0.1, -0.05) is 11.6 Å². The Hall–Kier alpha value is -1.07. The third-order valence-corrected chi connectivity index (χ3v) is 2.43. The Morgan fingerprint density at radius 3 is 3.00 bits per heavy atom. The van der Waals surface area contributed by atoms with Gasteiger partial charge in [0.2, 0.25) is 0 Å². The van der Waals surface area contributed by atoms with E-state index < -0.39 is 0 Å². The molecule has 0 amide bonds. The first kappa shape index (κ1) is 7.57. The molecule has 2 rings (SSSR count). The van der Waals surface area contributed by atoms with Crippen LogP contribution in [0.2, 0.25) is 0 Å². The molecule has 0 saturated heterocycles. The van der Waals surface area contributed by atoms with Gasteiger partial charge in [-0.25, -0.2) is 0 Å². The molecule has 1 heteroatoms. The lowest BCUT2D eigenvalue weighted by molar-refractivity contribution is 0.690. The first-order chi connectivity index (χ1) is 5.95. The summed E-state index contributed by atoms with van der Waals surface area (Å²) in [5.41, 5.74) is 2.97. The average Bonchev–Trinajstić information content (AvgIpc) is 2.59. The van der Waals surface area contributed by atoms with E-state index in [1.807, 2.05) is 12.4 Å². The van der Waals surface area contributed by atoms with Crippen LogP contribution in [0, 0.1) is 0 Å². The van der Waals surface area contributed by atoms with Crippen molar-refractivity contribution < 1.29 is 0 Å². The van der Waals surface area contributed by atoms with E-state index in [0.717, 1.165) is 6.42 Å². The third kappa shape index (κ3) is 1.75. The van der Waals surface area contributed by atoms with E-state index in [1.54, 1.807) is 5.57 Å². The monoisotopic (exact) mass is 160 g/mol. The van der Waals surface area contributed by atoms with Crippen LogP contribution < -0.4 is 4.67 Å². The largest absolute Gasteiger partial charge is 0.296 e. The van der Waals surface area contributed by atoms with Crippen molar-refractivity contribution in [2.24, 2.45) is 0 Å². The van der Waals surface area contributed by atoms with Crippen LogP contribution in [0.3, 0.4) is 0 Å². The van der Waals surface area contributed by atoms with Crippen LogP contribution in [-0.2, 0) is 0 Å². The van der Waals surface area contributed by atoms with Crippen LogP contribution in [0.25, 0.3) is 0 Å². The molecule has 0 radical (unpaired) electrons. The van der Waals surface area contributed by atoms with E-state index in [2.05, 4.69) is 16.8 Å². The van der Waals surface area contributed by atoms with Gasteiger partial charge in [0, 0.05) is 18.1 Å². The highest BCUT2D eigenvalue weighted by atomic mass is 14.5. The average molecular weight is 160 g/mol. The van der Waals surface area contributed by atoms with Crippen LogP contribution in [0.1, 0.15) is 32.1 Å². The second-order valence-electron chi connectivity index (χ2n) is 3.45. The van der Waals surface area contributed by atoms with Gasteiger partial charge in [-0.2, -0.15) is 0 Å². The number of hydrogen-bond acceptors (Lipinski definition) is 0. The fourth-order valence-corrected chi connectivity index (χ4v) is 1.75. The molecule has 62 valence electrons. The molecule has 0 N–H and O–H groups in total. The molecule has 0 atom stereocenters. The molecule has 0 fully saturated rings. The van der Waals surface area contributed by atoms with Gasteiger partial charge in [-0.3, -0.25) is 0 Å². The quantitative estimate of drug-likeness (QED) is 0.433. The highest BCUT2D eigenvalue weighted by Crippen LogP contribution is 2.22. The van der Waals surface area contributed by atoms with E-state index in [0.29, 0.717) is 0 Å². The predicted octanol–water partition coefficient (Wildman–Crippen LogP) is 2.03. The van der Waals surface area contributed by atoms with Crippen molar-refractivity contribution >= 4 is 12.4 Å². The Bertz CT molecular complexity index is 288. The molecule has 0 aromatic rings. The molecular weight excluding hydrogens is 146 g/mol. The molecule has 0 aromatic heterocycles. The fourth-order valence-electron chi connectivity index (χ4n) is 1.75. The Labute approximate surface area is 73.2 Å². The maximum absolute atomic E-state index is 4.06. The standard InChI is InChI=1S/C11H14N/c1-2-4-10(5-3-1)8-11-6-7-12-9-11/h4,6-7,9H,1-3,5,8H2/q+1. The molecule has 12 heavy (non-hydrogen) atoms. The van der Waals surface area contributed by atoms with Crippen LogP contribution in [0.15, 0.2) is 23.3 Å². The fraction of sp³-hybridized carbons (Fsp3) is 0.455. The molecule has 1 heterocycles. The van der Waals surface area contributed by atoms with Gasteiger partial charge in [0.1, 0.15) is 0 Å². The van der Waals surface area contributed by atoms with E-state index in [9.17, 15) is 0 Å². The van der Waals surface area contributed by atoms with Crippen molar-refractivity contribution in [1.29, 1.82) is 0 Å². The van der Waals surface area contributed by atoms with E-state index in [1.165, 1.54) is 31.3 Å². The van der Waals surface area contributed by atoms with Crippen molar-refractivity contribution in [2.45, 2.75) is 32.1 Å². The summed E-state index contributed by atoms with van der Waals surface area (Å²) in [5.74, 6) is 0. The van der Waals surface area contributed by atoms with Gasteiger partial charge in [-0.05, 0) is 25.7 Å². The summed E-state index contributed by atoms with van der Waals surface area (Å²) >= 11 is 0. The number of rotatable bonds is 2. The van der Waals surface area contributed by atoms with E-state index >= 15 is 0 Å². The zero-order valence-electron chi connectivity index (χ0n) is 7.29. The summed E-state index contributed by atoms with van der Waals surface area (Å²) in [7, 11) is 0.